The van der Waals surface area contributed by atoms with Crippen LogP contribution in [-0.2, 0) is 0 Å². The normalized spacial score (nSPS) is 32.3. The van der Waals surface area contributed by atoms with Crippen LogP contribution < -0.4 is 0 Å². The molecule has 1 nitrogen and oxygen atoms in total. The Bertz CT molecular complexity index is 174. The molecule has 1 aliphatic heterocycles. The van der Waals surface area contributed by atoms with Gasteiger partial charge in [-0.05, 0) is 24.7 Å². The van der Waals surface area contributed by atoms with Gasteiger partial charge in [0.15, 0.2) is 0 Å². The van der Waals surface area contributed by atoms with Gasteiger partial charge in [0.2, 0.25) is 0 Å². The van der Waals surface area contributed by atoms with Gasteiger partial charge in [-0.1, -0.05) is 27.7 Å². The van der Waals surface area contributed by atoms with Crippen LogP contribution in [0.25, 0.3) is 0 Å². The summed E-state index contributed by atoms with van der Waals surface area (Å²) in [5.74, 6) is 0.754. The van der Waals surface area contributed by atoms with Crippen molar-refractivity contribution in [1.82, 2.24) is 0 Å². The highest BCUT2D eigenvalue weighted by Crippen LogP contribution is 2.29. The van der Waals surface area contributed by atoms with Gasteiger partial charge in [0.25, 0.3) is 0 Å². The lowest BCUT2D eigenvalue weighted by Gasteiger charge is -2.18. The zero-order valence-electron chi connectivity index (χ0n) is 8.31. The lowest BCUT2D eigenvalue weighted by atomic mass is 9.86. The summed E-state index contributed by atoms with van der Waals surface area (Å²) in [5.41, 5.74) is 1.69. The molecule has 0 bridgehead atoms. The van der Waals surface area contributed by atoms with Crippen LogP contribution in [-0.4, -0.2) is 11.8 Å². The van der Waals surface area contributed by atoms with E-state index in [-0.39, 0.29) is 0 Å². The lowest BCUT2D eigenvalue weighted by Crippen LogP contribution is -2.18. The fourth-order valence-corrected chi connectivity index (χ4v) is 1.40. The molecule has 0 aliphatic carbocycles. The van der Waals surface area contributed by atoms with Crippen molar-refractivity contribution < 1.29 is 0 Å². The van der Waals surface area contributed by atoms with E-state index in [1.807, 2.05) is 0 Å². The number of hydrogen-bond acceptors (Lipinski definition) is 1. The Morgan fingerprint density at radius 1 is 1.27 bits per heavy atom. The number of rotatable bonds is 0. The summed E-state index contributed by atoms with van der Waals surface area (Å²) >= 11 is 0. The second-order valence-corrected chi connectivity index (χ2v) is 4.75. The van der Waals surface area contributed by atoms with Gasteiger partial charge in [-0.2, -0.15) is 0 Å². The van der Waals surface area contributed by atoms with Gasteiger partial charge < -0.3 is 0 Å². The van der Waals surface area contributed by atoms with Crippen molar-refractivity contribution in [2.45, 2.75) is 47.1 Å². The maximum absolute atomic E-state index is 4.66. The van der Waals surface area contributed by atoms with E-state index in [0.717, 1.165) is 5.92 Å². The standard InChI is InChI=1S/C10H19N/c1-7-6-9(10(3,4)5)11-8(7)2/h7-8H,6H2,1-5H3. The molecule has 0 aromatic heterocycles. The summed E-state index contributed by atoms with van der Waals surface area (Å²) in [5, 5.41) is 0. The van der Waals surface area contributed by atoms with Gasteiger partial charge in [-0.3, -0.25) is 4.99 Å². The van der Waals surface area contributed by atoms with Gasteiger partial charge in [0.05, 0.1) is 0 Å². The first-order valence-electron chi connectivity index (χ1n) is 4.48. The van der Waals surface area contributed by atoms with Crippen LogP contribution in [0.3, 0.4) is 0 Å². The third-order valence-electron chi connectivity index (χ3n) is 2.56. The van der Waals surface area contributed by atoms with E-state index in [0.29, 0.717) is 11.5 Å². The fraction of sp³-hybridized carbons (Fsp3) is 0.900. The van der Waals surface area contributed by atoms with Crippen molar-refractivity contribution in [3.63, 3.8) is 0 Å². The van der Waals surface area contributed by atoms with Gasteiger partial charge in [0.1, 0.15) is 0 Å². The summed E-state index contributed by atoms with van der Waals surface area (Å²) in [6.45, 7) is 11.2. The second-order valence-electron chi connectivity index (χ2n) is 4.75. The molecule has 2 unspecified atom stereocenters. The van der Waals surface area contributed by atoms with Crippen LogP contribution in [0.4, 0.5) is 0 Å². The van der Waals surface area contributed by atoms with Crippen LogP contribution in [0.5, 0.6) is 0 Å². The number of aliphatic imine (C=N–C) groups is 1. The summed E-state index contributed by atoms with van der Waals surface area (Å²) < 4.78 is 0. The summed E-state index contributed by atoms with van der Waals surface area (Å²) in [6, 6.07) is 0.546. The molecule has 11 heavy (non-hydrogen) atoms. The first-order valence-corrected chi connectivity index (χ1v) is 4.48. The molecule has 2 atom stereocenters. The monoisotopic (exact) mass is 153 g/mol. The Morgan fingerprint density at radius 2 is 1.82 bits per heavy atom. The topological polar surface area (TPSA) is 12.4 Å². The highest BCUT2D eigenvalue weighted by molar-refractivity contribution is 5.91. The third kappa shape index (κ3) is 1.82. The zero-order valence-corrected chi connectivity index (χ0v) is 8.31. The predicted molar refractivity (Wildman–Crippen MR) is 50.1 cm³/mol. The minimum atomic E-state index is 0.291. The number of nitrogens with zero attached hydrogens (tertiary/aromatic N) is 1. The van der Waals surface area contributed by atoms with E-state index >= 15 is 0 Å². The smallest absolute Gasteiger partial charge is 0.0500 e. The maximum atomic E-state index is 4.66. The molecule has 0 amide bonds. The lowest BCUT2D eigenvalue weighted by molar-refractivity contribution is 0.530. The molecule has 0 saturated heterocycles. The predicted octanol–water partition coefficient (Wildman–Crippen LogP) is 2.90. The van der Waals surface area contributed by atoms with E-state index in [4.69, 9.17) is 0 Å². The molecule has 0 aromatic rings. The van der Waals surface area contributed by atoms with Crippen molar-refractivity contribution >= 4 is 5.71 Å². The van der Waals surface area contributed by atoms with Gasteiger partial charge in [-0.25, -0.2) is 0 Å². The third-order valence-corrected chi connectivity index (χ3v) is 2.56. The second kappa shape index (κ2) is 2.62. The maximum Gasteiger partial charge on any atom is 0.0500 e. The highest BCUT2D eigenvalue weighted by Gasteiger charge is 2.28. The highest BCUT2D eigenvalue weighted by atomic mass is 14.8. The number of hydrogen-bond donors (Lipinski definition) is 0. The molecule has 1 rings (SSSR count). The summed E-state index contributed by atoms with van der Waals surface area (Å²) in [4.78, 5) is 4.66. The fourth-order valence-electron chi connectivity index (χ4n) is 1.40. The Hall–Kier alpha value is -0.330. The van der Waals surface area contributed by atoms with E-state index in [1.165, 1.54) is 12.1 Å². The van der Waals surface area contributed by atoms with Crippen molar-refractivity contribution in [3.05, 3.63) is 0 Å². The first-order chi connectivity index (χ1) is 4.91. The SMILES string of the molecule is CC1CC(C(C)(C)C)=NC1C. The minimum Gasteiger partial charge on any atom is -0.290 e. The van der Waals surface area contributed by atoms with E-state index in [9.17, 15) is 0 Å². The molecule has 0 saturated carbocycles. The van der Waals surface area contributed by atoms with Crippen LogP contribution in [0, 0.1) is 11.3 Å². The Kier molecular flexibility index (Phi) is 2.08. The van der Waals surface area contributed by atoms with E-state index in [1.54, 1.807) is 0 Å². The molecule has 0 fully saturated rings. The van der Waals surface area contributed by atoms with Crippen LogP contribution >= 0.6 is 0 Å². The van der Waals surface area contributed by atoms with Gasteiger partial charge in [0, 0.05) is 11.8 Å². The average Bonchev–Trinajstić information content (AvgIpc) is 2.11. The molecule has 0 spiro atoms. The zero-order chi connectivity index (χ0) is 8.65. The largest absolute Gasteiger partial charge is 0.290 e. The van der Waals surface area contributed by atoms with Crippen LogP contribution in [0.15, 0.2) is 4.99 Å². The molecule has 1 heterocycles. The molecular formula is C10H19N. The Balaban J connectivity index is 2.71. The van der Waals surface area contributed by atoms with E-state index < -0.39 is 0 Å². The van der Waals surface area contributed by atoms with Crippen molar-refractivity contribution in [3.8, 4) is 0 Å². The Morgan fingerprint density at radius 3 is 2.00 bits per heavy atom. The van der Waals surface area contributed by atoms with Gasteiger partial charge in [-0.15, -0.1) is 0 Å². The molecule has 1 heteroatoms. The molecule has 0 aromatic carbocycles. The first kappa shape index (κ1) is 8.76. The van der Waals surface area contributed by atoms with Crippen molar-refractivity contribution in [2.24, 2.45) is 16.3 Å². The molecule has 0 radical (unpaired) electrons. The van der Waals surface area contributed by atoms with Crippen molar-refractivity contribution in [1.29, 1.82) is 0 Å². The summed E-state index contributed by atoms with van der Waals surface area (Å²) in [6.07, 6.45) is 1.20. The van der Waals surface area contributed by atoms with Crippen LogP contribution in [0.2, 0.25) is 0 Å². The average molecular weight is 153 g/mol. The molecule has 64 valence electrons. The Labute approximate surface area is 69.9 Å². The van der Waals surface area contributed by atoms with Crippen LogP contribution in [0.1, 0.15) is 41.0 Å². The summed E-state index contributed by atoms with van der Waals surface area (Å²) in [7, 11) is 0. The van der Waals surface area contributed by atoms with Gasteiger partial charge >= 0.3 is 0 Å². The molecule has 1 aliphatic rings. The minimum absolute atomic E-state index is 0.291. The molecule has 0 N–H and O–H groups in total. The molecular weight excluding hydrogens is 134 g/mol. The quantitative estimate of drug-likeness (QED) is 0.507. The van der Waals surface area contributed by atoms with Crippen molar-refractivity contribution in [2.75, 3.05) is 0 Å². The van der Waals surface area contributed by atoms with E-state index in [2.05, 4.69) is 39.6 Å².